The van der Waals surface area contributed by atoms with E-state index in [1.54, 1.807) is 0 Å². The van der Waals surface area contributed by atoms with Gasteiger partial charge in [-0.25, -0.2) is 0 Å². The highest BCUT2D eigenvalue weighted by Gasteiger charge is 2.18. The zero-order valence-corrected chi connectivity index (χ0v) is 14.0. The van der Waals surface area contributed by atoms with Gasteiger partial charge in [0.05, 0.1) is 0 Å². The van der Waals surface area contributed by atoms with Crippen LogP contribution in [0, 0.1) is 5.92 Å². The van der Waals surface area contributed by atoms with Crippen LogP contribution in [0.4, 0.5) is 0 Å². The second-order valence-corrected chi connectivity index (χ2v) is 6.70. The lowest BCUT2D eigenvalue weighted by molar-refractivity contribution is 0.359. The molecule has 1 aromatic carbocycles. The van der Waals surface area contributed by atoms with Gasteiger partial charge in [-0.3, -0.25) is 0 Å². The second kappa shape index (κ2) is 9.25. The van der Waals surface area contributed by atoms with E-state index in [2.05, 4.69) is 43.4 Å². The summed E-state index contributed by atoms with van der Waals surface area (Å²) in [6, 6.07) is 9.92. The molecule has 1 aliphatic carbocycles. The van der Waals surface area contributed by atoms with E-state index in [9.17, 15) is 0 Å². The summed E-state index contributed by atoms with van der Waals surface area (Å²) in [7, 11) is 0. The zero-order valence-electron chi connectivity index (χ0n) is 14.0. The molecule has 0 aromatic heterocycles. The number of rotatable bonds is 7. The fourth-order valence-electron chi connectivity index (χ4n) is 3.72. The number of hydrogen-bond acceptors (Lipinski definition) is 1. The second-order valence-electron chi connectivity index (χ2n) is 6.70. The Kier molecular flexibility index (Phi) is 7.29. The Morgan fingerprint density at radius 1 is 1.00 bits per heavy atom. The molecular formula is C20H33N. The predicted molar refractivity (Wildman–Crippen MR) is 92.7 cm³/mol. The maximum atomic E-state index is 3.72. The Morgan fingerprint density at radius 3 is 2.24 bits per heavy atom. The zero-order chi connectivity index (χ0) is 14.9. The molecule has 0 spiro atoms. The van der Waals surface area contributed by atoms with Gasteiger partial charge in [-0.05, 0) is 36.4 Å². The fourth-order valence-corrected chi connectivity index (χ4v) is 3.72. The molecule has 2 rings (SSSR count). The van der Waals surface area contributed by atoms with Gasteiger partial charge >= 0.3 is 0 Å². The van der Waals surface area contributed by atoms with Gasteiger partial charge in [0.2, 0.25) is 0 Å². The standard InChI is InChI=1S/C20H33N/c1-3-9-17-12-14-19(15-13-17)20(21-4-2)16-18-10-7-5-6-8-11-18/h12-15,18,20-21H,3-11,16H2,1-2H3. The first-order chi connectivity index (χ1) is 10.3. The monoisotopic (exact) mass is 287 g/mol. The Balaban J connectivity index is 1.99. The van der Waals surface area contributed by atoms with E-state index in [0.29, 0.717) is 6.04 Å². The molecule has 0 amide bonds. The smallest absolute Gasteiger partial charge is 0.0322 e. The Morgan fingerprint density at radius 2 is 1.67 bits per heavy atom. The molecular weight excluding hydrogens is 254 g/mol. The SMILES string of the molecule is CCCc1ccc(C(CC2CCCCCC2)NCC)cc1. The number of nitrogens with one attached hydrogen (secondary N) is 1. The average molecular weight is 287 g/mol. The van der Waals surface area contributed by atoms with Crippen LogP contribution in [0.5, 0.6) is 0 Å². The summed E-state index contributed by atoms with van der Waals surface area (Å²) < 4.78 is 0. The van der Waals surface area contributed by atoms with Crippen LogP contribution >= 0.6 is 0 Å². The van der Waals surface area contributed by atoms with Crippen LogP contribution in [0.3, 0.4) is 0 Å². The molecule has 0 radical (unpaired) electrons. The highest BCUT2D eigenvalue weighted by atomic mass is 14.9. The minimum atomic E-state index is 0.550. The lowest BCUT2D eigenvalue weighted by Crippen LogP contribution is -2.23. The molecule has 118 valence electrons. The van der Waals surface area contributed by atoms with Crippen molar-refractivity contribution in [2.75, 3.05) is 6.54 Å². The van der Waals surface area contributed by atoms with Gasteiger partial charge in [-0.2, -0.15) is 0 Å². The van der Waals surface area contributed by atoms with E-state index >= 15 is 0 Å². The van der Waals surface area contributed by atoms with Crippen LogP contribution < -0.4 is 5.32 Å². The molecule has 1 N–H and O–H groups in total. The van der Waals surface area contributed by atoms with Crippen LogP contribution in [-0.2, 0) is 6.42 Å². The largest absolute Gasteiger partial charge is 0.310 e. The predicted octanol–water partition coefficient (Wildman–Crippen LogP) is 5.65. The highest BCUT2D eigenvalue weighted by Crippen LogP contribution is 2.31. The Bertz CT molecular complexity index is 373. The van der Waals surface area contributed by atoms with E-state index in [1.165, 1.54) is 68.9 Å². The highest BCUT2D eigenvalue weighted by molar-refractivity contribution is 5.25. The minimum absolute atomic E-state index is 0.550. The fraction of sp³-hybridized carbons (Fsp3) is 0.700. The first-order valence-corrected chi connectivity index (χ1v) is 9.15. The van der Waals surface area contributed by atoms with Crippen molar-refractivity contribution in [3.05, 3.63) is 35.4 Å². The van der Waals surface area contributed by atoms with Crippen molar-refractivity contribution in [3.8, 4) is 0 Å². The lowest BCUT2D eigenvalue weighted by Gasteiger charge is -2.24. The van der Waals surface area contributed by atoms with Gasteiger partial charge in [-0.1, -0.05) is 83.1 Å². The summed E-state index contributed by atoms with van der Waals surface area (Å²) in [5.41, 5.74) is 2.96. The molecule has 0 bridgehead atoms. The third-order valence-corrected chi connectivity index (χ3v) is 4.92. The van der Waals surface area contributed by atoms with Gasteiger partial charge in [0.15, 0.2) is 0 Å². The van der Waals surface area contributed by atoms with Crippen LogP contribution in [-0.4, -0.2) is 6.54 Å². The normalized spacial score (nSPS) is 18.4. The van der Waals surface area contributed by atoms with Crippen molar-refractivity contribution in [2.24, 2.45) is 5.92 Å². The molecule has 1 saturated carbocycles. The van der Waals surface area contributed by atoms with E-state index in [1.807, 2.05) is 0 Å². The third-order valence-electron chi connectivity index (χ3n) is 4.92. The first-order valence-electron chi connectivity index (χ1n) is 9.15. The molecule has 1 heteroatoms. The van der Waals surface area contributed by atoms with E-state index in [0.717, 1.165) is 12.5 Å². The Hall–Kier alpha value is -0.820. The van der Waals surface area contributed by atoms with E-state index in [4.69, 9.17) is 0 Å². The van der Waals surface area contributed by atoms with Gasteiger partial charge in [0.1, 0.15) is 0 Å². The molecule has 1 unspecified atom stereocenters. The maximum absolute atomic E-state index is 3.72. The summed E-state index contributed by atoms with van der Waals surface area (Å²) in [5.74, 6) is 0.923. The molecule has 0 aliphatic heterocycles. The average Bonchev–Trinajstić information content (AvgIpc) is 2.77. The first kappa shape index (κ1) is 16.5. The minimum Gasteiger partial charge on any atom is -0.310 e. The quantitative estimate of drug-likeness (QED) is 0.639. The molecule has 1 atom stereocenters. The molecule has 1 aliphatic rings. The molecule has 0 heterocycles. The molecule has 1 aromatic rings. The van der Waals surface area contributed by atoms with E-state index in [-0.39, 0.29) is 0 Å². The van der Waals surface area contributed by atoms with Crippen LogP contribution in [0.15, 0.2) is 24.3 Å². The van der Waals surface area contributed by atoms with Gasteiger partial charge in [-0.15, -0.1) is 0 Å². The summed E-state index contributed by atoms with van der Waals surface area (Å²) in [4.78, 5) is 0. The molecule has 1 fully saturated rings. The number of aryl methyl sites for hydroxylation is 1. The van der Waals surface area contributed by atoms with Crippen molar-refractivity contribution in [2.45, 2.75) is 77.7 Å². The van der Waals surface area contributed by atoms with Crippen molar-refractivity contribution < 1.29 is 0 Å². The third kappa shape index (κ3) is 5.47. The van der Waals surface area contributed by atoms with Gasteiger partial charge in [0.25, 0.3) is 0 Å². The maximum Gasteiger partial charge on any atom is 0.0322 e. The molecule has 21 heavy (non-hydrogen) atoms. The summed E-state index contributed by atoms with van der Waals surface area (Å²) in [5, 5.41) is 3.72. The van der Waals surface area contributed by atoms with Crippen molar-refractivity contribution >= 4 is 0 Å². The lowest BCUT2D eigenvalue weighted by atomic mass is 9.89. The van der Waals surface area contributed by atoms with Gasteiger partial charge < -0.3 is 5.32 Å². The number of benzene rings is 1. The molecule has 1 nitrogen and oxygen atoms in total. The molecule has 0 saturated heterocycles. The summed E-state index contributed by atoms with van der Waals surface area (Å²) in [6.07, 6.45) is 12.4. The van der Waals surface area contributed by atoms with E-state index < -0.39 is 0 Å². The summed E-state index contributed by atoms with van der Waals surface area (Å²) in [6.45, 7) is 5.54. The van der Waals surface area contributed by atoms with Crippen molar-refractivity contribution in [1.82, 2.24) is 5.32 Å². The number of hydrogen-bond donors (Lipinski definition) is 1. The van der Waals surface area contributed by atoms with Gasteiger partial charge in [0, 0.05) is 6.04 Å². The van der Waals surface area contributed by atoms with Crippen LogP contribution in [0.1, 0.15) is 82.4 Å². The van der Waals surface area contributed by atoms with Crippen LogP contribution in [0.2, 0.25) is 0 Å². The topological polar surface area (TPSA) is 12.0 Å². The van der Waals surface area contributed by atoms with Crippen molar-refractivity contribution in [3.63, 3.8) is 0 Å². The van der Waals surface area contributed by atoms with Crippen LogP contribution in [0.25, 0.3) is 0 Å². The summed E-state index contributed by atoms with van der Waals surface area (Å²) >= 11 is 0. The Labute approximate surface area is 131 Å². The van der Waals surface area contributed by atoms with Crippen molar-refractivity contribution in [1.29, 1.82) is 0 Å².